The van der Waals surface area contributed by atoms with Crippen LogP contribution in [-0.2, 0) is 19.0 Å². The molecule has 4 nitrogen and oxygen atoms in total. The van der Waals surface area contributed by atoms with E-state index in [1.165, 1.54) is 0 Å². The van der Waals surface area contributed by atoms with E-state index in [-0.39, 0.29) is 24.6 Å². The van der Waals surface area contributed by atoms with Crippen molar-refractivity contribution >= 4 is 5.97 Å². The third-order valence-corrected chi connectivity index (χ3v) is 2.24. The molecule has 0 unspecified atom stereocenters. The van der Waals surface area contributed by atoms with Crippen LogP contribution in [0.2, 0.25) is 0 Å². The molecular weight excluding hydrogens is 208 g/mol. The van der Waals surface area contributed by atoms with Crippen LogP contribution in [0, 0.1) is 12.3 Å². The monoisotopic (exact) mass is 226 g/mol. The minimum atomic E-state index is -0.744. The first-order valence-electron chi connectivity index (χ1n) is 5.44. The number of carbonyl (C=O) groups is 1. The minimum absolute atomic E-state index is 0.221. The van der Waals surface area contributed by atoms with Crippen molar-refractivity contribution in [3.05, 3.63) is 0 Å². The van der Waals surface area contributed by atoms with Crippen LogP contribution in [0.1, 0.15) is 33.6 Å². The number of terminal acetylenes is 1. The van der Waals surface area contributed by atoms with Crippen LogP contribution < -0.4 is 0 Å². The number of ether oxygens (including phenoxy) is 3. The molecule has 0 amide bonds. The van der Waals surface area contributed by atoms with Gasteiger partial charge in [0.15, 0.2) is 5.79 Å². The second kappa shape index (κ2) is 5.33. The Morgan fingerprint density at radius 1 is 1.56 bits per heavy atom. The molecule has 4 heteroatoms. The van der Waals surface area contributed by atoms with Crippen molar-refractivity contribution in [1.82, 2.24) is 0 Å². The van der Waals surface area contributed by atoms with E-state index in [0.29, 0.717) is 13.0 Å². The molecule has 0 spiro atoms. The largest absolute Gasteiger partial charge is 0.466 e. The summed E-state index contributed by atoms with van der Waals surface area (Å²) in [4.78, 5) is 11.3. The normalized spacial score (nSPS) is 28.1. The first kappa shape index (κ1) is 13.0. The van der Waals surface area contributed by atoms with E-state index in [1.54, 1.807) is 20.8 Å². The van der Waals surface area contributed by atoms with Gasteiger partial charge in [0.25, 0.3) is 0 Å². The Balaban J connectivity index is 2.54. The first-order chi connectivity index (χ1) is 7.46. The van der Waals surface area contributed by atoms with Gasteiger partial charge in [-0.1, -0.05) is 5.92 Å². The minimum Gasteiger partial charge on any atom is -0.466 e. The van der Waals surface area contributed by atoms with Crippen LogP contribution in [0.15, 0.2) is 0 Å². The molecule has 2 atom stereocenters. The molecule has 1 fully saturated rings. The second-order valence-electron chi connectivity index (χ2n) is 4.16. The zero-order valence-corrected chi connectivity index (χ0v) is 9.99. The average molecular weight is 226 g/mol. The Kier molecular flexibility index (Phi) is 4.34. The summed E-state index contributed by atoms with van der Waals surface area (Å²) in [5, 5.41) is 0. The van der Waals surface area contributed by atoms with Gasteiger partial charge in [-0.2, -0.15) is 0 Å². The highest BCUT2D eigenvalue weighted by Gasteiger charge is 2.35. The van der Waals surface area contributed by atoms with Crippen LogP contribution in [-0.4, -0.2) is 30.6 Å². The number of hydrogen-bond acceptors (Lipinski definition) is 4. The lowest BCUT2D eigenvalue weighted by atomic mass is 10.1. The van der Waals surface area contributed by atoms with Crippen molar-refractivity contribution in [2.24, 2.45) is 0 Å². The third-order valence-electron chi connectivity index (χ3n) is 2.24. The molecule has 0 aromatic heterocycles. The SMILES string of the molecule is C#C[C@H]1C[C@@H](CC(=O)OCC)OC(C)(C)O1. The highest BCUT2D eigenvalue weighted by molar-refractivity contribution is 5.69. The Morgan fingerprint density at radius 2 is 2.25 bits per heavy atom. The van der Waals surface area contributed by atoms with Gasteiger partial charge in [-0.15, -0.1) is 6.42 Å². The van der Waals surface area contributed by atoms with Crippen LogP contribution in [0.5, 0.6) is 0 Å². The third kappa shape index (κ3) is 3.84. The Morgan fingerprint density at radius 3 is 2.81 bits per heavy atom. The van der Waals surface area contributed by atoms with Crippen molar-refractivity contribution in [2.45, 2.75) is 51.6 Å². The molecule has 0 N–H and O–H groups in total. The van der Waals surface area contributed by atoms with Crippen LogP contribution in [0.25, 0.3) is 0 Å². The van der Waals surface area contributed by atoms with E-state index in [9.17, 15) is 4.79 Å². The van der Waals surface area contributed by atoms with Crippen LogP contribution >= 0.6 is 0 Å². The first-order valence-corrected chi connectivity index (χ1v) is 5.44. The Hall–Kier alpha value is -1.05. The molecule has 0 aliphatic carbocycles. The molecule has 90 valence electrons. The summed E-state index contributed by atoms with van der Waals surface area (Å²) < 4.78 is 16.0. The van der Waals surface area contributed by atoms with Crippen LogP contribution in [0.3, 0.4) is 0 Å². The topological polar surface area (TPSA) is 44.8 Å². The maximum atomic E-state index is 11.3. The number of carbonyl (C=O) groups excluding carboxylic acids is 1. The van der Waals surface area contributed by atoms with Crippen molar-refractivity contribution < 1.29 is 19.0 Å². The lowest BCUT2D eigenvalue weighted by Crippen LogP contribution is -2.44. The predicted octanol–water partition coefficient (Wildman–Crippen LogP) is 1.48. The summed E-state index contributed by atoms with van der Waals surface area (Å²) in [6.45, 7) is 5.73. The van der Waals surface area contributed by atoms with E-state index in [2.05, 4.69) is 5.92 Å². The van der Waals surface area contributed by atoms with Gasteiger partial charge in [0.1, 0.15) is 6.10 Å². The van der Waals surface area contributed by atoms with Gasteiger partial charge in [0, 0.05) is 6.42 Å². The molecule has 1 saturated heterocycles. The summed E-state index contributed by atoms with van der Waals surface area (Å²) >= 11 is 0. The fourth-order valence-electron chi connectivity index (χ4n) is 1.74. The zero-order chi connectivity index (χ0) is 12.2. The predicted molar refractivity (Wildman–Crippen MR) is 58.5 cm³/mol. The molecule has 1 heterocycles. The fraction of sp³-hybridized carbons (Fsp3) is 0.750. The Labute approximate surface area is 96.2 Å². The van der Waals surface area contributed by atoms with E-state index in [1.807, 2.05) is 0 Å². The number of rotatable bonds is 3. The molecule has 0 bridgehead atoms. The number of hydrogen-bond donors (Lipinski definition) is 0. The van der Waals surface area contributed by atoms with Gasteiger partial charge in [-0.3, -0.25) is 4.79 Å². The highest BCUT2D eigenvalue weighted by Crippen LogP contribution is 2.28. The summed E-state index contributed by atoms with van der Waals surface area (Å²) in [5.74, 6) is 1.53. The number of esters is 1. The van der Waals surface area contributed by atoms with Gasteiger partial charge >= 0.3 is 5.97 Å². The molecule has 0 saturated carbocycles. The summed E-state index contributed by atoms with van der Waals surface area (Å²) in [5.41, 5.74) is 0. The fourth-order valence-corrected chi connectivity index (χ4v) is 1.74. The van der Waals surface area contributed by atoms with Crippen molar-refractivity contribution in [2.75, 3.05) is 6.61 Å². The van der Waals surface area contributed by atoms with Gasteiger partial charge in [-0.25, -0.2) is 0 Å². The van der Waals surface area contributed by atoms with E-state index in [4.69, 9.17) is 20.6 Å². The molecular formula is C12H18O4. The van der Waals surface area contributed by atoms with E-state index >= 15 is 0 Å². The van der Waals surface area contributed by atoms with Crippen LogP contribution in [0.4, 0.5) is 0 Å². The molecule has 1 rings (SSSR count). The van der Waals surface area contributed by atoms with Gasteiger partial charge in [0.05, 0.1) is 19.1 Å². The van der Waals surface area contributed by atoms with E-state index < -0.39 is 5.79 Å². The van der Waals surface area contributed by atoms with Crippen molar-refractivity contribution in [3.63, 3.8) is 0 Å². The van der Waals surface area contributed by atoms with Crippen molar-refractivity contribution in [3.8, 4) is 12.3 Å². The molecule has 0 radical (unpaired) electrons. The summed E-state index contributed by atoms with van der Waals surface area (Å²) in [7, 11) is 0. The quantitative estimate of drug-likeness (QED) is 0.540. The molecule has 1 aliphatic rings. The molecule has 0 aromatic carbocycles. The molecule has 0 aromatic rings. The van der Waals surface area contributed by atoms with E-state index in [0.717, 1.165) is 0 Å². The lowest BCUT2D eigenvalue weighted by Gasteiger charge is -2.38. The van der Waals surface area contributed by atoms with Gasteiger partial charge < -0.3 is 14.2 Å². The smallest absolute Gasteiger partial charge is 0.308 e. The average Bonchev–Trinajstić information content (AvgIpc) is 2.15. The molecule has 1 aliphatic heterocycles. The van der Waals surface area contributed by atoms with Crippen molar-refractivity contribution in [1.29, 1.82) is 0 Å². The maximum absolute atomic E-state index is 11.3. The lowest BCUT2D eigenvalue weighted by molar-refractivity contribution is -0.288. The maximum Gasteiger partial charge on any atom is 0.308 e. The van der Waals surface area contributed by atoms with Gasteiger partial charge in [0.2, 0.25) is 0 Å². The highest BCUT2D eigenvalue weighted by atomic mass is 16.7. The second-order valence-corrected chi connectivity index (χ2v) is 4.16. The summed E-state index contributed by atoms with van der Waals surface area (Å²) in [6.07, 6.45) is 5.54. The molecule has 16 heavy (non-hydrogen) atoms. The standard InChI is InChI=1S/C12H18O4/c1-5-9-7-10(8-11(13)14-6-2)16-12(3,4)15-9/h1,9-10H,6-8H2,2-4H3/t9-,10-/m0/s1. The Bertz CT molecular complexity index is 290. The van der Waals surface area contributed by atoms with Gasteiger partial charge in [-0.05, 0) is 20.8 Å². The summed E-state index contributed by atoms with van der Waals surface area (Å²) in [6, 6.07) is 0. The zero-order valence-electron chi connectivity index (χ0n) is 9.99.